The lowest BCUT2D eigenvalue weighted by molar-refractivity contribution is 0.0607. The molecule has 0 aromatic carbocycles. The predicted molar refractivity (Wildman–Crippen MR) is 51.0 cm³/mol. The number of aliphatic hydroxyl groups excluding tert-OH is 1. The van der Waals surface area contributed by atoms with Crippen LogP contribution in [0.15, 0.2) is 0 Å². The Morgan fingerprint density at radius 3 is 2.69 bits per heavy atom. The Kier molecular flexibility index (Phi) is 3.57. The number of hydrogen-bond acceptors (Lipinski definition) is 3. The van der Waals surface area contributed by atoms with Crippen LogP contribution in [-0.4, -0.2) is 42.2 Å². The van der Waals surface area contributed by atoms with Gasteiger partial charge in [-0.3, -0.25) is 0 Å². The van der Waals surface area contributed by atoms with E-state index in [1.165, 1.54) is 4.31 Å². The largest absolute Gasteiger partial charge is 0.391 e. The normalized spacial score (nSPS) is 31.9. The third kappa shape index (κ3) is 2.56. The number of hydrogen-bond donors (Lipinski definition) is 1. The highest BCUT2D eigenvalue weighted by molar-refractivity contribution is 7.90. The third-order valence-corrected chi connectivity index (χ3v) is 4.63. The van der Waals surface area contributed by atoms with Crippen molar-refractivity contribution in [1.82, 2.24) is 4.31 Å². The Labute approximate surface area is 83.5 Å². The van der Waals surface area contributed by atoms with Crippen LogP contribution in [0.5, 0.6) is 0 Å². The summed E-state index contributed by atoms with van der Waals surface area (Å²) in [4.78, 5) is 0. The van der Waals surface area contributed by atoms with Crippen LogP contribution in [0.4, 0.5) is 0 Å². The van der Waals surface area contributed by atoms with Crippen molar-refractivity contribution in [2.75, 3.05) is 18.3 Å². The van der Waals surface area contributed by atoms with Crippen LogP contribution in [0.25, 0.3) is 0 Å². The molecule has 0 spiro atoms. The second-order valence-corrected chi connectivity index (χ2v) is 5.97. The lowest BCUT2D eigenvalue weighted by Gasteiger charge is -2.32. The smallest absolute Gasteiger partial charge is 0.228 e. The minimum atomic E-state index is -3.34. The zero-order valence-electron chi connectivity index (χ0n) is 7.48. The van der Waals surface area contributed by atoms with Gasteiger partial charge in [-0.2, -0.15) is 4.31 Å². The van der Waals surface area contributed by atoms with E-state index in [0.29, 0.717) is 13.0 Å². The summed E-state index contributed by atoms with van der Waals surface area (Å²) in [5, 5.41) is 9.05. The maximum atomic E-state index is 11.3. The third-order valence-electron chi connectivity index (χ3n) is 2.41. The molecule has 0 radical (unpaired) electrons. The molecule has 1 saturated heterocycles. The molecule has 13 heavy (non-hydrogen) atoms. The number of halogens is 1. The Balaban J connectivity index is 2.66. The van der Waals surface area contributed by atoms with Crippen molar-refractivity contribution in [3.63, 3.8) is 0 Å². The van der Waals surface area contributed by atoms with Gasteiger partial charge in [-0.15, -0.1) is 11.6 Å². The second kappa shape index (κ2) is 4.13. The van der Waals surface area contributed by atoms with E-state index in [9.17, 15) is 13.5 Å². The molecule has 1 heterocycles. The molecular weight excluding hydrogens is 214 g/mol. The number of rotatable bonds is 2. The molecule has 2 unspecified atom stereocenters. The van der Waals surface area contributed by atoms with E-state index in [-0.39, 0.29) is 12.5 Å². The summed E-state index contributed by atoms with van der Waals surface area (Å²) in [6.45, 7) is 2.55. The Morgan fingerprint density at radius 1 is 1.62 bits per heavy atom. The van der Waals surface area contributed by atoms with Gasteiger partial charge in [0.2, 0.25) is 10.0 Å². The number of alkyl halides is 1. The summed E-state index contributed by atoms with van der Waals surface area (Å²) < 4.78 is 23.8. The van der Waals surface area contributed by atoms with Crippen LogP contribution in [-0.2, 0) is 10.0 Å². The summed E-state index contributed by atoms with van der Waals surface area (Å²) in [5.74, 6) is 0.168. The molecule has 1 aliphatic rings. The molecule has 0 amide bonds. The standard InChI is InChI=1S/C7H14ClNO3S/c1-6-2-3-9(4-7(6)10)13(11,12)5-8/h6-7,10H,2-5H2,1H3. The van der Waals surface area contributed by atoms with Crippen molar-refractivity contribution in [2.24, 2.45) is 5.92 Å². The molecule has 1 rings (SSSR count). The van der Waals surface area contributed by atoms with Gasteiger partial charge in [-0.1, -0.05) is 6.92 Å². The van der Waals surface area contributed by atoms with Gasteiger partial charge >= 0.3 is 0 Å². The zero-order valence-corrected chi connectivity index (χ0v) is 9.05. The van der Waals surface area contributed by atoms with Crippen molar-refractivity contribution < 1.29 is 13.5 Å². The van der Waals surface area contributed by atoms with Crippen molar-refractivity contribution in [3.05, 3.63) is 0 Å². The summed E-state index contributed by atoms with van der Waals surface area (Å²) in [6, 6.07) is 0. The lowest BCUT2D eigenvalue weighted by Crippen LogP contribution is -2.46. The van der Waals surface area contributed by atoms with E-state index in [2.05, 4.69) is 0 Å². The van der Waals surface area contributed by atoms with Crippen LogP contribution in [0, 0.1) is 5.92 Å². The quantitative estimate of drug-likeness (QED) is 0.687. The first kappa shape index (κ1) is 11.2. The van der Waals surface area contributed by atoms with Gasteiger partial charge in [0.05, 0.1) is 6.10 Å². The highest BCUT2D eigenvalue weighted by Gasteiger charge is 2.30. The molecule has 0 aromatic rings. The van der Waals surface area contributed by atoms with Gasteiger partial charge in [0.15, 0.2) is 0 Å². The van der Waals surface area contributed by atoms with Crippen molar-refractivity contribution in [3.8, 4) is 0 Å². The van der Waals surface area contributed by atoms with Gasteiger partial charge in [0.1, 0.15) is 5.21 Å². The van der Waals surface area contributed by atoms with Crippen LogP contribution in [0.1, 0.15) is 13.3 Å². The summed E-state index contributed by atoms with van der Waals surface area (Å²) in [5.41, 5.74) is 0. The average molecular weight is 228 g/mol. The highest BCUT2D eigenvalue weighted by Crippen LogP contribution is 2.19. The molecule has 78 valence electrons. The number of nitrogens with zero attached hydrogens (tertiary/aromatic N) is 1. The minimum Gasteiger partial charge on any atom is -0.391 e. The Morgan fingerprint density at radius 2 is 2.23 bits per heavy atom. The fourth-order valence-corrected chi connectivity index (χ4v) is 2.66. The van der Waals surface area contributed by atoms with Crippen molar-refractivity contribution in [2.45, 2.75) is 19.4 Å². The molecule has 0 aliphatic carbocycles. The van der Waals surface area contributed by atoms with Gasteiger partial charge in [-0.25, -0.2) is 8.42 Å². The monoisotopic (exact) mass is 227 g/mol. The van der Waals surface area contributed by atoms with Gasteiger partial charge in [0, 0.05) is 13.1 Å². The van der Waals surface area contributed by atoms with Crippen molar-refractivity contribution >= 4 is 21.6 Å². The first-order valence-corrected chi connectivity index (χ1v) is 6.33. The van der Waals surface area contributed by atoms with Crippen LogP contribution < -0.4 is 0 Å². The fraction of sp³-hybridized carbons (Fsp3) is 1.00. The van der Waals surface area contributed by atoms with E-state index in [1.807, 2.05) is 6.92 Å². The first-order valence-electron chi connectivity index (χ1n) is 4.19. The minimum absolute atomic E-state index is 0.168. The number of aliphatic hydroxyl groups is 1. The average Bonchev–Trinajstić information content (AvgIpc) is 2.09. The Hall–Kier alpha value is 0.160. The van der Waals surface area contributed by atoms with E-state index in [4.69, 9.17) is 11.6 Å². The van der Waals surface area contributed by atoms with E-state index < -0.39 is 21.3 Å². The predicted octanol–water partition coefficient (Wildman–Crippen LogP) is 0.215. The lowest BCUT2D eigenvalue weighted by atomic mass is 9.98. The molecule has 1 N–H and O–H groups in total. The number of sulfonamides is 1. The summed E-state index contributed by atoms with van der Waals surface area (Å²) >= 11 is 5.30. The van der Waals surface area contributed by atoms with Crippen LogP contribution in [0.3, 0.4) is 0 Å². The van der Waals surface area contributed by atoms with Crippen molar-refractivity contribution in [1.29, 1.82) is 0 Å². The maximum Gasteiger partial charge on any atom is 0.228 e. The molecule has 0 aromatic heterocycles. The topological polar surface area (TPSA) is 57.6 Å². The van der Waals surface area contributed by atoms with Crippen LogP contribution >= 0.6 is 11.6 Å². The van der Waals surface area contributed by atoms with Gasteiger partial charge in [0.25, 0.3) is 0 Å². The van der Waals surface area contributed by atoms with Gasteiger partial charge in [-0.05, 0) is 12.3 Å². The summed E-state index contributed by atoms with van der Waals surface area (Å²) in [7, 11) is -3.34. The second-order valence-electron chi connectivity index (χ2n) is 3.41. The zero-order chi connectivity index (χ0) is 10.1. The fourth-order valence-electron chi connectivity index (χ4n) is 1.34. The molecule has 4 nitrogen and oxygen atoms in total. The van der Waals surface area contributed by atoms with Crippen LogP contribution in [0.2, 0.25) is 0 Å². The highest BCUT2D eigenvalue weighted by atomic mass is 35.5. The number of β-amino-alcohol motifs (C(OH)–C–C–N with tert-alkyl or cyclic N) is 1. The Bertz CT molecular complexity index is 267. The molecular formula is C7H14ClNO3S. The molecule has 1 aliphatic heterocycles. The van der Waals surface area contributed by atoms with E-state index >= 15 is 0 Å². The maximum absolute atomic E-state index is 11.3. The molecule has 0 saturated carbocycles. The van der Waals surface area contributed by atoms with Gasteiger partial charge < -0.3 is 5.11 Å². The SMILES string of the molecule is CC1CCN(S(=O)(=O)CCl)CC1O. The first-order chi connectivity index (χ1) is 5.97. The molecule has 0 bridgehead atoms. The molecule has 2 atom stereocenters. The number of piperidine rings is 1. The molecule has 1 fully saturated rings. The van der Waals surface area contributed by atoms with E-state index in [0.717, 1.165) is 0 Å². The summed E-state index contributed by atoms with van der Waals surface area (Å²) in [6.07, 6.45) is 0.129. The van der Waals surface area contributed by atoms with E-state index in [1.54, 1.807) is 0 Å². The molecule has 6 heteroatoms.